The molecule has 1 aromatic heterocycles. The van der Waals surface area contributed by atoms with Crippen molar-refractivity contribution in [3.63, 3.8) is 0 Å². The van der Waals surface area contributed by atoms with Crippen molar-refractivity contribution in [2.24, 2.45) is 0 Å². The molecule has 0 aliphatic rings. The van der Waals surface area contributed by atoms with Crippen molar-refractivity contribution < 1.29 is 9.13 Å². The first-order valence-electron chi connectivity index (χ1n) is 10.6. The Morgan fingerprint density at radius 1 is 0.758 bits per heavy atom. The summed E-state index contributed by atoms with van der Waals surface area (Å²) in [5.74, 6) is 1.11. The Morgan fingerprint density at radius 3 is 2.09 bits per heavy atom. The summed E-state index contributed by atoms with van der Waals surface area (Å²) >= 11 is 6.09. The average Bonchev–Trinajstić information content (AvgIpc) is 3.31. The zero-order valence-corrected chi connectivity index (χ0v) is 18.4. The van der Waals surface area contributed by atoms with Crippen LogP contribution < -0.4 is 4.74 Å². The molecule has 0 aliphatic carbocycles. The third kappa shape index (κ3) is 4.66. The Morgan fingerprint density at radius 2 is 1.42 bits per heavy atom. The number of rotatable bonds is 6. The average molecular weight is 455 g/mol. The zero-order chi connectivity index (χ0) is 22.6. The molecule has 0 amide bonds. The highest BCUT2D eigenvalue weighted by atomic mass is 35.5. The summed E-state index contributed by atoms with van der Waals surface area (Å²) in [6.07, 6.45) is 0. The third-order valence-electron chi connectivity index (χ3n) is 5.35. The fourth-order valence-electron chi connectivity index (χ4n) is 3.64. The Bertz CT molecular complexity index is 1310. The van der Waals surface area contributed by atoms with E-state index in [0.29, 0.717) is 10.8 Å². The summed E-state index contributed by atoms with van der Waals surface area (Å²) in [6, 6.07) is 32.3. The minimum absolute atomic E-state index is 0.259. The predicted octanol–water partition coefficient (Wildman–Crippen LogP) is 7.78. The molecule has 1 N–H and O–H groups in total. The van der Waals surface area contributed by atoms with Gasteiger partial charge in [-0.15, -0.1) is 0 Å². The van der Waals surface area contributed by atoms with Gasteiger partial charge in [0.25, 0.3) is 0 Å². The van der Waals surface area contributed by atoms with Crippen molar-refractivity contribution in [1.82, 2.24) is 9.97 Å². The highest BCUT2D eigenvalue weighted by molar-refractivity contribution is 6.31. The van der Waals surface area contributed by atoms with E-state index in [-0.39, 0.29) is 12.4 Å². The maximum atomic E-state index is 13.2. The second-order valence-electron chi connectivity index (χ2n) is 7.59. The Balaban J connectivity index is 1.42. The summed E-state index contributed by atoms with van der Waals surface area (Å²) < 4.78 is 19.1. The van der Waals surface area contributed by atoms with Gasteiger partial charge < -0.3 is 9.72 Å². The highest BCUT2D eigenvalue weighted by Gasteiger charge is 2.15. The van der Waals surface area contributed by atoms with Gasteiger partial charge in [-0.3, -0.25) is 0 Å². The summed E-state index contributed by atoms with van der Waals surface area (Å²) in [5, 5.41) is 0.351. The number of nitrogens with zero attached hydrogens (tertiary/aromatic N) is 1. The van der Waals surface area contributed by atoms with Crippen LogP contribution in [0.1, 0.15) is 5.56 Å². The highest BCUT2D eigenvalue weighted by Crippen LogP contribution is 2.33. The number of ether oxygens (including phenoxy) is 1. The maximum Gasteiger partial charge on any atom is 0.138 e. The topological polar surface area (TPSA) is 37.9 Å². The number of hydrogen-bond acceptors (Lipinski definition) is 2. The van der Waals surface area contributed by atoms with E-state index in [1.165, 1.54) is 12.1 Å². The van der Waals surface area contributed by atoms with E-state index in [1.807, 2.05) is 60.7 Å². The van der Waals surface area contributed by atoms with Gasteiger partial charge in [-0.05, 0) is 36.4 Å². The lowest BCUT2D eigenvalue weighted by molar-refractivity contribution is 0.306. The first kappa shape index (κ1) is 21.0. The van der Waals surface area contributed by atoms with Gasteiger partial charge in [0, 0.05) is 22.3 Å². The molecule has 0 saturated heterocycles. The van der Waals surface area contributed by atoms with Crippen LogP contribution in [-0.4, -0.2) is 9.97 Å². The number of H-pyrrole nitrogens is 1. The van der Waals surface area contributed by atoms with Crippen molar-refractivity contribution in [3.05, 3.63) is 120 Å². The van der Waals surface area contributed by atoms with Crippen LogP contribution in [0.5, 0.6) is 5.75 Å². The lowest BCUT2D eigenvalue weighted by Gasteiger charge is -2.08. The molecule has 5 heteroatoms. The fourth-order valence-corrected chi connectivity index (χ4v) is 3.86. The Hall–Kier alpha value is -3.89. The molecule has 0 fully saturated rings. The maximum absolute atomic E-state index is 13.2. The molecule has 5 aromatic rings. The predicted molar refractivity (Wildman–Crippen MR) is 131 cm³/mol. The number of imidazole rings is 1. The van der Waals surface area contributed by atoms with Crippen LogP contribution in [-0.2, 0) is 6.61 Å². The number of halogens is 2. The molecule has 3 nitrogen and oxygen atoms in total. The Kier molecular flexibility index (Phi) is 5.92. The normalized spacial score (nSPS) is 10.8. The molecule has 0 unspecified atom stereocenters. The lowest BCUT2D eigenvalue weighted by atomic mass is 10.1. The van der Waals surface area contributed by atoms with E-state index in [0.717, 1.165) is 39.5 Å². The molecule has 0 atom stereocenters. The lowest BCUT2D eigenvalue weighted by Crippen LogP contribution is -1.96. The monoisotopic (exact) mass is 454 g/mol. The Labute approximate surface area is 196 Å². The SMILES string of the molecule is Fc1ccc(COc2ccc(-c3nc(-c4ccccc4)c(-c4ccccc4)[nH]3)cc2)c(Cl)c1. The largest absolute Gasteiger partial charge is 0.489 e. The van der Waals surface area contributed by atoms with Gasteiger partial charge in [-0.2, -0.15) is 0 Å². The second kappa shape index (κ2) is 9.31. The number of aromatic amines is 1. The number of nitrogens with one attached hydrogen (secondary N) is 1. The van der Waals surface area contributed by atoms with Gasteiger partial charge in [0.2, 0.25) is 0 Å². The van der Waals surface area contributed by atoms with E-state index in [1.54, 1.807) is 6.07 Å². The van der Waals surface area contributed by atoms with E-state index in [2.05, 4.69) is 29.2 Å². The molecule has 162 valence electrons. The van der Waals surface area contributed by atoms with Crippen LogP contribution >= 0.6 is 11.6 Å². The molecule has 0 spiro atoms. The molecule has 4 aromatic carbocycles. The molecule has 0 radical (unpaired) electrons. The third-order valence-corrected chi connectivity index (χ3v) is 5.70. The smallest absolute Gasteiger partial charge is 0.138 e. The first-order valence-corrected chi connectivity index (χ1v) is 10.9. The van der Waals surface area contributed by atoms with Gasteiger partial charge in [-0.25, -0.2) is 9.37 Å². The summed E-state index contributed by atoms with van der Waals surface area (Å²) in [6.45, 7) is 0.259. The molecule has 0 aliphatic heterocycles. The molecule has 33 heavy (non-hydrogen) atoms. The summed E-state index contributed by atoms with van der Waals surface area (Å²) in [5.41, 5.74) is 5.68. The van der Waals surface area contributed by atoms with Crippen molar-refractivity contribution in [2.45, 2.75) is 6.61 Å². The number of hydrogen-bond donors (Lipinski definition) is 1. The van der Waals surface area contributed by atoms with Gasteiger partial charge >= 0.3 is 0 Å². The molecule has 0 saturated carbocycles. The van der Waals surface area contributed by atoms with Crippen LogP contribution in [0.2, 0.25) is 5.02 Å². The summed E-state index contributed by atoms with van der Waals surface area (Å²) in [4.78, 5) is 8.42. The van der Waals surface area contributed by atoms with Gasteiger partial charge in [0.05, 0.1) is 16.4 Å². The molecular weight excluding hydrogens is 435 g/mol. The van der Waals surface area contributed by atoms with E-state index in [9.17, 15) is 4.39 Å². The van der Waals surface area contributed by atoms with Gasteiger partial charge in [-0.1, -0.05) is 78.3 Å². The summed E-state index contributed by atoms with van der Waals surface area (Å²) in [7, 11) is 0. The zero-order valence-electron chi connectivity index (χ0n) is 17.6. The van der Waals surface area contributed by atoms with Crippen LogP contribution in [0, 0.1) is 5.82 Å². The van der Waals surface area contributed by atoms with E-state index < -0.39 is 0 Å². The molecule has 1 heterocycles. The van der Waals surface area contributed by atoms with Crippen LogP contribution in [0.3, 0.4) is 0 Å². The van der Waals surface area contributed by atoms with Gasteiger partial charge in [0.1, 0.15) is 24.0 Å². The van der Waals surface area contributed by atoms with Crippen molar-refractivity contribution in [3.8, 4) is 39.7 Å². The minimum Gasteiger partial charge on any atom is -0.489 e. The van der Waals surface area contributed by atoms with Crippen LogP contribution in [0.25, 0.3) is 33.9 Å². The molecular formula is C28H20ClFN2O. The quantitative estimate of drug-likeness (QED) is 0.284. The van der Waals surface area contributed by atoms with E-state index in [4.69, 9.17) is 21.3 Å². The van der Waals surface area contributed by atoms with Crippen LogP contribution in [0.4, 0.5) is 4.39 Å². The van der Waals surface area contributed by atoms with Crippen LogP contribution in [0.15, 0.2) is 103 Å². The minimum atomic E-state index is -0.365. The molecule has 5 rings (SSSR count). The van der Waals surface area contributed by atoms with Crippen molar-refractivity contribution in [1.29, 1.82) is 0 Å². The standard InChI is InChI=1S/C28H20ClFN2O/c29-25-17-23(30)14-11-22(25)18-33-24-15-12-21(13-16-24)28-31-26(19-7-3-1-4-8-19)27(32-28)20-9-5-2-6-10-20/h1-17H,18H2,(H,31,32). The first-order chi connectivity index (χ1) is 16.2. The van der Waals surface area contributed by atoms with Crippen molar-refractivity contribution in [2.75, 3.05) is 0 Å². The second-order valence-corrected chi connectivity index (χ2v) is 8.00. The van der Waals surface area contributed by atoms with Crippen molar-refractivity contribution >= 4 is 11.6 Å². The fraction of sp³-hybridized carbons (Fsp3) is 0.0357. The molecule has 0 bridgehead atoms. The van der Waals surface area contributed by atoms with E-state index >= 15 is 0 Å². The number of aromatic nitrogens is 2. The van der Waals surface area contributed by atoms with Gasteiger partial charge in [0.15, 0.2) is 0 Å². The number of benzene rings is 4.